The normalized spacial score (nSPS) is 16.4. The maximum atomic E-state index is 12.9. The molecule has 3 aromatic rings. The fourth-order valence-corrected chi connectivity index (χ4v) is 4.23. The number of carbonyl (C=O) groups excluding carboxylic acids is 2. The van der Waals surface area contributed by atoms with Crippen molar-refractivity contribution in [3.8, 4) is 11.1 Å². The molecule has 0 bridgehead atoms. The number of benzene rings is 2. The molecule has 1 aliphatic rings. The largest absolute Gasteiger partial charge is 0.336 e. The molecular formula is C23H23N3O2S. The minimum atomic E-state index is -0.214. The number of anilines is 1. The standard InChI is InChI=1S/C23H23N3O2S/c1-16-5-2-6-17(11-16)18-7-3-9-20(12-18)25-22(27)19-8-4-10-26(13-19)23(28)21-14-29-15-24-21/h2-3,5-7,9,11-12,14-15,19H,4,8,10,13H2,1H3,(H,25,27). The summed E-state index contributed by atoms with van der Waals surface area (Å²) in [6.45, 7) is 3.17. The van der Waals surface area contributed by atoms with Gasteiger partial charge in [0.1, 0.15) is 5.69 Å². The maximum absolute atomic E-state index is 12.9. The number of nitrogens with zero attached hydrogens (tertiary/aromatic N) is 2. The van der Waals surface area contributed by atoms with Gasteiger partial charge in [0.2, 0.25) is 5.91 Å². The molecule has 2 amide bonds. The van der Waals surface area contributed by atoms with Crippen LogP contribution in [0.2, 0.25) is 0 Å². The molecule has 29 heavy (non-hydrogen) atoms. The topological polar surface area (TPSA) is 62.3 Å². The molecule has 2 heterocycles. The maximum Gasteiger partial charge on any atom is 0.273 e. The second-order valence-corrected chi connectivity index (χ2v) is 8.12. The lowest BCUT2D eigenvalue weighted by Crippen LogP contribution is -2.43. The molecule has 148 valence electrons. The SMILES string of the molecule is Cc1cccc(-c2cccc(NC(=O)C3CCCN(C(=O)c4cscn4)C3)c2)c1. The van der Waals surface area contributed by atoms with Gasteiger partial charge >= 0.3 is 0 Å². The highest BCUT2D eigenvalue weighted by atomic mass is 32.1. The molecule has 1 unspecified atom stereocenters. The van der Waals surface area contributed by atoms with Crippen LogP contribution in [-0.4, -0.2) is 34.8 Å². The van der Waals surface area contributed by atoms with Crippen molar-refractivity contribution in [3.63, 3.8) is 0 Å². The van der Waals surface area contributed by atoms with Crippen molar-refractivity contribution in [2.75, 3.05) is 18.4 Å². The van der Waals surface area contributed by atoms with E-state index in [4.69, 9.17) is 0 Å². The van der Waals surface area contributed by atoms with Gasteiger partial charge in [-0.3, -0.25) is 9.59 Å². The van der Waals surface area contributed by atoms with Gasteiger partial charge in [-0.2, -0.15) is 0 Å². The first-order valence-electron chi connectivity index (χ1n) is 9.75. The lowest BCUT2D eigenvalue weighted by Gasteiger charge is -2.31. The molecule has 0 saturated carbocycles. The molecule has 4 rings (SSSR count). The van der Waals surface area contributed by atoms with Crippen molar-refractivity contribution in [2.45, 2.75) is 19.8 Å². The summed E-state index contributed by atoms with van der Waals surface area (Å²) in [4.78, 5) is 31.3. The highest BCUT2D eigenvalue weighted by Crippen LogP contribution is 2.25. The molecule has 0 aliphatic carbocycles. The zero-order valence-corrected chi connectivity index (χ0v) is 17.1. The van der Waals surface area contributed by atoms with E-state index in [1.165, 1.54) is 16.9 Å². The Kier molecular flexibility index (Phi) is 5.71. The van der Waals surface area contributed by atoms with Crippen LogP contribution in [-0.2, 0) is 4.79 Å². The van der Waals surface area contributed by atoms with Gasteiger partial charge in [0.05, 0.1) is 11.4 Å². The van der Waals surface area contributed by atoms with Crippen LogP contribution < -0.4 is 5.32 Å². The van der Waals surface area contributed by atoms with Crippen LogP contribution in [0.25, 0.3) is 11.1 Å². The third kappa shape index (κ3) is 4.54. The predicted molar refractivity (Wildman–Crippen MR) is 116 cm³/mol. The predicted octanol–water partition coefficient (Wildman–Crippen LogP) is 4.61. The van der Waals surface area contributed by atoms with Crippen LogP contribution in [0.3, 0.4) is 0 Å². The molecule has 0 spiro atoms. The first-order valence-corrected chi connectivity index (χ1v) is 10.7. The Hall–Kier alpha value is -2.99. The lowest BCUT2D eigenvalue weighted by atomic mass is 9.96. The van der Waals surface area contributed by atoms with Gasteiger partial charge < -0.3 is 10.2 Å². The number of hydrogen-bond acceptors (Lipinski definition) is 4. The minimum absolute atomic E-state index is 0.0397. The molecule has 0 radical (unpaired) electrons. The summed E-state index contributed by atoms with van der Waals surface area (Å²) in [5.74, 6) is -0.346. The van der Waals surface area contributed by atoms with Gasteiger partial charge in [0, 0.05) is 24.2 Å². The van der Waals surface area contributed by atoms with E-state index in [0.29, 0.717) is 18.8 Å². The average molecular weight is 406 g/mol. The fraction of sp³-hybridized carbons (Fsp3) is 0.261. The summed E-state index contributed by atoms with van der Waals surface area (Å²) in [5.41, 5.74) is 6.28. The van der Waals surface area contributed by atoms with E-state index in [1.54, 1.807) is 15.8 Å². The average Bonchev–Trinajstić information content (AvgIpc) is 3.28. The number of aryl methyl sites for hydroxylation is 1. The summed E-state index contributed by atoms with van der Waals surface area (Å²) in [6, 6.07) is 16.2. The number of amides is 2. The van der Waals surface area contributed by atoms with Crippen LogP contribution in [0, 0.1) is 12.8 Å². The van der Waals surface area contributed by atoms with Crippen molar-refractivity contribution >= 4 is 28.8 Å². The molecule has 1 atom stereocenters. The van der Waals surface area contributed by atoms with Gasteiger partial charge in [-0.25, -0.2) is 4.98 Å². The first kappa shape index (κ1) is 19.3. The van der Waals surface area contributed by atoms with Gasteiger partial charge in [0.25, 0.3) is 5.91 Å². The van der Waals surface area contributed by atoms with Crippen molar-refractivity contribution in [1.29, 1.82) is 0 Å². The quantitative estimate of drug-likeness (QED) is 0.689. The Balaban J connectivity index is 1.44. The number of hydrogen-bond donors (Lipinski definition) is 1. The van der Waals surface area contributed by atoms with Crippen LogP contribution in [0.1, 0.15) is 28.9 Å². The molecule has 5 nitrogen and oxygen atoms in total. The number of thiazole rings is 1. The lowest BCUT2D eigenvalue weighted by molar-refractivity contribution is -0.121. The molecule has 1 aliphatic heterocycles. The van der Waals surface area contributed by atoms with Gasteiger partial charge in [-0.05, 0) is 43.0 Å². The Morgan fingerprint density at radius 1 is 1.14 bits per heavy atom. The summed E-state index contributed by atoms with van der Waals surface area (Å²) in [7, 11) is 0. The van der Waals surface area contributed by atoms with E-state index >= 15 is 0 Å². The Bertz CT molecular complexity index is 1020. The number of aromatic nitrogens is 1. The molecular weight excluding hydrogens is 382 g/mol. The molecule has 1 saturated heterocycles. The number of likely N-dealkylation sites (tertiary alicyclic amines) is 1. The first-order chi connectivity index (χ1) is 14.1. The van der Waals surface area contributed by atoms with Crippen LogP contribution in [0.5, 0.6) is 0 Å². The fourth-order valence-electron chi connectivity index (χ4n) is 3.70. The van der Waals surface area contributed by atoms with Crippen molar-refractivity contribution in [1.82, 2.24) is 9.88 Å². The van der Waals surface area contributed by atoms with Crippen molar-refractivity contribution < 1.29 is 9.59 Å². The number of carbonyl (C=O) groups is 2. The molecule has 1 N–H and O–H groups in total. The molecule has 6 heteroatoms. The third-order valence-electron chi connectivity index (χ3n) is 5.21. The van der Waals surface area contributed by atoms with E-state index in [2.05, 4.69) is 35.4 Å². The monoisotopic (exact) mass is 405 g/mol. The number of rotatable bonds is 4. The van der Waals surface area contributed by atoms with E-state index in [-0.39, 0.29) is 17.7 Å². The zero-order valence-electron chi connectivity index (χ0n) is 16.3. The molecule has 2 aromatic carbocycles. The van der Waals surface area contributed by atoms with E-state index < -0.39 is 0 Å². The van der Waals surface area contributed by atoms with Gasteiger partial charge in [0.15, 0.2) is 0 Å². The number of nitrogens with one attached hydrogen (secondary N) is 1. The van der Waals surface area contributed by atoms with Crippen molar-refractivity contribution in [3.05, 3.63) is 70.7 Å². The van der Waals surface area contributed by atoms with Gasteiger partial charge in [-0.15, -0.1) is 11.3 Å². The highest BCUT2D eigenvalue weighted by molar-refractivity contribution is 7.07. The van der Waals surface area contributed by atoms with Crippen LogP contribution >= 0.6 is 11.3 Å². The summed E-state index contributed by atoms with van der Waals surface area (Å²) >= 11 is 1.40. The number of piperidine rings is 1. The zero-order chi connectivity index (χ0) is 20.2. The van der Waals surface area contributed by atoms with E-state index in [9.17, 15) is 9.59 Å². The molecule has 1 fully saturated rings. The van der Waals surface area contributed by atoms with Crippen molar-refractivity contribution in [2.24, 2.45) is 5.92 Å². The van der Waals surface area contributed by atoms with Crippen LogP contribution in [0.4, 0.5) is 5.69 Å². The Morgan fingerprint density at radius 3 is 2.69 bits per heavy atom. The molecule has 1 aromatic heterocycles. The summed E-state index contributed by atoms with van der Waals surface area (Å²) < 4.78 is 0. The Morgan fingerprint density at radius 2 is 1.93 bits per heavy atom. The summed E-state index contributed by atoms with van der Waals surface area (Å²) in [5, 5.41) is 4.79. The summed E-state index contributed by atoms with van der Waals surface area (Å²) in [6.07, 6.45) is 1.60. The smallest absolute Gasteiger partial charge is 0.273 e. The van der Waals surface area contributed by atoms with Gasteiger partial charge in [-0.1, -0.05) is 42.0 Å². The Labute approximate surface area is 174 Å². The van der Waals surface area contributed by atoms with E-state index in [1.807, 2.05) is 30.3 Å². The second kappa shape index (κ2) is 8.57. The third-order valence-corrected chi connectivity index (χ3v) is 5.80. The second-order valence-electron chi connectivity index (χ2n) is 7.40. The highest BCUT2D eigenvalue weighted by Gasteiger charge is 2.29. The van der Waals surface area contributed by atoms with Crippen LogP contribution in [0.15, 0.2) is 59.4 Å². The minimum Gasteiger partial charge on any atom is -0.336 e. The van der Waals surface area contributed by atoms with E-state index in [0.717, 1.165) is 29.7 Å².